The van der Waals surface area contributed by atoms with Gasteiger partial charge in [-0.1, -0.05) is 24.3 Å². The van der Waals surface area contributed by atoms with Crippen molar-refractivity contribution in [2.45, 2.75) is 18.7 Å². The minimum Gasteiger partial charge on any atom is -0.451 e. The summed E-state index contributed by atoms with van der Waals surface area (Å²) >= 11 is 0. The summed E-state index contributed by atoms with van der Waals surface area (Å²) in [5.74, 6) is -0.201. The van der Waals surface area contributed by atoms with Crippen LogP contribution in [0.15, 0.2) is 51.8 Å². The quantitative estimate of drug-likeness (QED) is 0.759. The number of fused-ring (bicyclic) bond motifs is 1. The highest BCUT2D eigenvalue weighted by molar-refractivity contribution is 7.89. The maximum absolute atomic E-state index is 12.7. The molecule has 1 heterocycles. The number of carbonyl (C=O) groups is 1. The minimum atomic E-state index is -3.59. The Balaban J connectivity index is 1.98. The number of amides is 1. The summed E-state index contributed by atoms with van der Waals surface area (Å²) in [6.07, 6.45) is 0. The molecule has 2 aromatic carbocycles. The molecule has 7 heteroatoms. The highest BCUT2D eigenvalue weighted by Crippen LogP contribution is 2.27. The predicted octanol–water partition coefficient (Wildman–Crippen LogP) is 3.55. The van der Waals surface area contributed by atoms with Gasteiger partial charge in [0.25, 0.3) is 5.91 Å². The third-order valence-electron chi connectivity index (χ3n) is 4.29. The number of sulfonamides is 1. The number of benzene rings is 2. The minimum absolute atomic E-state index is 0.115. The lowest BCUT2D eigenvalue weighted by Gasteiger charge is -2.14. The van der Waals surface area contributed by atoms with Crippen LogP contribution >= 0.6 is 0 Å². The second-order valence-electron chi connectivity index (χ2n) is 6.27. The zero-order chi connectivity index (χ0) is 19.1. The molecule has 3 rings (SSSR count). The third-order valence-corrected chi connectivity index (χ3v) is 6.10. The molecule has 3 aromatic rings. The van der Waals surface area contributed by atoms with Gasteiger partial charge in [0, 0.05) is 30.7 Å². The predicted molar refractivity (Wildman–Crippen MR) is 101 cm³/mol. The Hall–Kier alpha value is -2.64. The van der Waals surface area contributed by atoms with Crippen LogP contribution in [-0.2, 0) is 10.0 Å². The van der Waals surface area contributed by atoms with Gasteiger partial charge in [0.1, 0.15) is 5.58 Å². The molecule has 0 spiro atoms. The van der Waals surface area contributed by atoms with Crippen LogP contribution in [0.3, 0.4) is 0 Å². The van der Waals surface area contributed by atoms with E-state index in [-0.39, 0.29) is 10.7 Å². The molecule has 0 aliphatic heterocycles. The summed E-state index contributed by atoms with van der Waals surface area (Å²) in [4.78, 5) is 12.8. The van der Waals surface area contributed by atoms with Crippen molar-refractivity contribution in [1.29, 1.82) is 0 Å². The molecule has 0 unspecified atom stereocenters. The zero-order valence-corrected chi connectivity index (χ0v) is 15.8. The van der Waals surface area contributed by atoms with Crippen LogP contribution < -0.4 is 5.32 Å². The summed E-state index contributed by atoms with van der Waals surface area (Å²) in [5.41, 5.74) is 2.56. The molecule has 1 aromatic heterocycles. The van der Waals surface area contributed by atoms with Crippen LogP contribution in [0.25, 0.3) is 11.0 Å². The molecule has 0 aliphatic rings. The van der Waals surface area contributed by atoms with Crippen molar-refractivity contribution in [3.8, 4) is 0 Å². The maximum atomic E-state index is 12.7. The highest BCUT2D eigenvalue weighted by atomic mass is 32.2. The Morgan fingerprint density at radius 3 is 2.42 bits per heavy atom. The first kappa shape index (κ1) is 18.2. The van der Waals surface area contributed by atoms with Crippen molar-refractivity contribution in [3.63, 3.8) is 0 Å². The van der Waals surface area contributed by atoms with Gasteiger partial charge < -0.3 is 9.73 Å². The van der Waals surface area contributed by atoms with Crippen LogP contribution in [0.2, 0.25) is 0 Å². The van der Waals surface area contributed by atoms with E-state index in [4.69, 9.17) is 4.42 Å². The summed E-state index contributed by atoms with van der Waals surface area (Å²) in [7, 11) is -0.660. The average Bonchev–Trinajstić information content (AvgIpc) is 2.94. The summed E-state index contributed by atoms with van der Waals surface area (Å²) in [5, 5.41) is 3.64. The van der Waals surface area contributed by atoms with Crippen molar-refractivity contribution < 1.29 is 17.6 Å². The third kappa shape index (κ3) is 3.11. The van der Waals surface area contributed by atoms with Crippen LogP contribution in [0, 0.1) is 13.8 Å². The monoisotopic (exact) mass is 372 g/mol. The topological polar surface area (TPSA) is 79.6 Å². The van der Waals surface area contributed by atoms with E-state index >= 15 is 0 Å². The van der Waals surface area contributed by atoms with E-state index < -0.39 is 15.9 Å². The number of aryl methyl sites for hydroxylation is 2. The fourth-order valence-corrected chi connectivity index (χ4v) is 3.61. The van der Waals surface area contributed by atoms with E-state index in [9.17, 15) is 13.2 Å². The van der Waals surface area contributed by atoms with Crippen LogP contribution in [-0.4, -0.2) is 32.7 Å². The smallest absolute Gasteiger partial charge is 0.291 e. The zero-order valence-electron chi connectivity index (χ0n) is 15.0. The molecule has 0 saturated carbocycles. The molecular weight excluding hydrogens is 352 g/mol. The number of hydrogen-bond acceptors (Lipinski definition) is 4. The molecule has 0 atom stereocenters. The van der Waals surface area contributed by atoms with E-state index in [0.29, 0.717) is 11.3 Å². The molecule has 1 amide bonds. The number of para-hydroxylation sites is 1. The fourth-order valence-electron chi connectivity index (χ4n) is 2.68. The molecular formula is C19H20N2O4S. The van der Waals surface area contributed by atoms with Crippen molar-refractivity contribution >= 4 is 32.6 Å². The molecule has 26 heavy (non-hydrogen) atoms. The molecule has 0 radical (unpaired) electrons. The maximum Gasteiger partial charge on any atom is 0.291 e. The first-order valence-corrected chi connectivity index (χ1v) is 9.48. The van der Waals surface area contributed by atoms with Gasteiger partial charge in [-0.2, -0.15) is 0 Å². The second-order valence-corrected chi connectivity index (χ2v) is 8.42. The largest absolute Gasteiger partial charge is 0.451 e. The normalized spacial score (nSPS) is 11.9. The lowest BCUT2D eigenvalue weighted by atomic mass is 10.1. The van der Waals surface area contributed by atoms with Gasteiger partial charge in [0.15, 0.2) is 5.76 Å². The summed E-state index contributed by atoms with van der Waals surface area (Å²) in [6.45, 7) is 3.62. The van der Waals surface area contributed by atoms with Gasteiger partial charge in [-0.15, -0.1) is 0 Å². The van der Waals surface area contributed by atoms with E-state index in [1.165, 1.54) is 26.2 Å². The van der Waals surface area contributed by atoms with E-state index in [2.05, 4.69) is 5.32 Å². The Bertz CT molecular complexity index is 1100. The van der Waals surface area contributed by atoms with E-state index in [1.54, 1.807) is 19.1 Å². The van der Waals surface area contributed by atoms with Crippen LogP contribution in [0.5, 0.6) is 0 Å². The Kier molecular flexibility index (Phi) is 4.60. The lowest BCUT2D eigenvalue weighted by molar-refractivity contribution is 0.0997. The molecule has 0 aliphatic carbocycles. The van der Waals surface area contributed by atoms with Gasteiger partial charge in [-0.05, 0) is 37.6 Å². The number of anilines is 1. The Morgan fingerprint density at radius 2 is 1.77 bits per heavy atom. The molecule has 136 valence electrons. The average molecular weight is 372 g/mol. The standard InChI is InChI=1S/C19H20N2O4S/c1-12-9-10-14(26(23,24)21(3)4)11-16(12)20-19(22)18-13(2)15-7-5-6-8-17(15)25-18/h5-11H,1-4H3,(H,20,22). The number of nitrogens with one attached hydrogen (secondary N) is 1. The van der Waals surface area contributed by atoms with Gasteiger partial charge >= 0.3 is 0 Å². The Labute approximate surface area is 152 Å². The molecule has 0 fully saturated rings. The fraction of sp³-hybridized carbons (Fsp3) is 0.211. The molecule has 1 N–H and O–H groups in total. The molecule has 0 saturated heterocycles. The SMILES string of the molecule is Cc1ccc(S(=O)(=O)N(C)C)cc1NC(=O)c1oc2ccccc2c1C. The number of carbonyl (C=O) groups excluding carboxylic acids is 1. The van der Waals surface area contributed by atoms with Gasteiger partial charge in [-0.25, -0.2) is 12.7 Å². The van der Waals surface area contributed by atoms with Crippen molar-refractivity contribution in [2.24, 2.45) is 0 Å². The number of rotatable bonds is 4. The number of furan rings is 1. The number of nitrogens with zero attached hydrogens (tertiary/aromatic N) is 1. The molecule has 0 bridgehead atoms. The van der Waals surface area contributed by atoms with Crippen molar-refractivity contribution in [1.82, 2.24) is 4.31 Å². The van der Waals surface area contributed by atoms with Crippen LogP contribution in [0.1, 0.15) is 21.7 Å². The first-order chi connectivity index (χ1) is 12.2. The summed E-state index contributed by atoms with van der Waals surface area (Å²) < 4.78 is 31.4. The van der Waals surface area contributed by atoms with Crippen LogP contribution in [0.4, 0.5) is 5.69 Å². The number of hydrogen-bond donors (Lipinski definition) is 1. The van der Waals surface area contributed by atoms with Crippen molar-refractivity contribution in [2.75, 3.05) is 19.4 Å². The van der Waals surface area contributed by atoms with E-state index in [0.717, 1.165) is 20.8 Å². The van der Waals surface area contributed by atoms with E-state index in [1.807, 2.05) is 25.1 Å². The lowest BCUT2D eigenvalue weighted by Crippen LogP contribution is -2.22. The van der Waals surface area contributed by atoms with Gasteiger partial charge in [0.05, 0.1) is 4.90 Å². The van der Waals surface area contributed by atoms with Gasteiger partial charge in [-0.3, -0.25) is 4.79 Å². The second kappa shape index (κ2) is 6.59. The highest BCUT2D eigenvalue weighted by Gasteiger charge is 2.21. The van der Waals surface area contributed by atoms with Crippen molar-refractivity contribution in [3.05, 3.63) is 59.4 Å². The molecule has 6 nitrogen and oxygen atoms in total. The Morgan fingerprint density at radius 1 is 1.08 bits per heavy atom. The first-order valence-electron chi connectivity index (χ1n) is 8.04. The summed E-state index contributed by atoms with van der Waals surface area (Å²) in [6, 6.07) is 12.1. The van der Waals surface area contributed by atoms with Gasteiger partial charge in [0.2, 0.25) is 10.0 Å².